The van der Waals surface area contributed by atoms with E-state index in [4.69, 9.17) is 16.3 Å². The molecule has 0 radical (unpaired) electrons. The van der Waals surface area contributed by atoms with Gasteiger partial charge in [-0.15, -0.1) is 0 Å². The first kappa shape index (κ1) is 21.8. The highest BCUT2D eigenvalue weighted by Gasteiger charge is 2.24. The van der Waals surface area contributed by atoms with Crippen LogP contribution in [-0.2, 0) is 18.3 Å². The maximum absolute atomic E-state index is 6.31. The summed E-state index contributed by atoms with van der Waals surface area (Å²) < 4.78 is 13.4. The first-order valence-corrected chi connectivity index (χ1v) is 9.46. The van der Waals surface area contributed by atoms with E-state index in [9.17, 15) is 0 Å². The molecule has 4 aromatic rings. The summed E-state index contributed by atoms with van der Waals surface area (Å²) >= 11 is 6.31. The van der Waals surface area contributed by atoms with Crippen molar-refractivity contribution in [2.24, 2.45) is 7.05 Å². The number of ether oxygens (including phenoxy) is 2. The number of H-pyrrole nitrogens is 1. The number of methoxy groups -OCH3 is 2. The average molecular weight is 433 g/mol. The number of nitrogens with one attached hydrogen (secondary N) is 1. The van der Waals surface area contributed by atoms with Crippen LogP contribution >= 0.6 is 11.6 Å². The van der Waals surface area contributed by atoms with E-state index < -0.39 is 0 Å². The maximum atomic E-state index is 6.31. The first-order chi connectivity index (χ1) is 14.4. The molecule has 11 heteroatoms. The highest BCUT2D eigenvalue weighted by molar-refractivity contribution is 6.32. The average Bonchev–Trinajstić information content (AvgIpc) is 3.42. The summed E-state index contributed by atoms with van der Waals surface area (Å²) in [7, 11) is 10.7. The van der Waals surface area contributed by atoms with Crippen LogP contribution in [0.4, 0.5) is 0 Å². The zero-order valence-electron chi connectivity index (χ0n) is 17.8. The van der Waals surface area contributed by atoms with Crippen LogP contribution in [-0.4, -0.2) is 74.6 Å². The van der Waals surface area contributed by atoms with Crippen molar-refractivity contribution < 1.29 is 9.47 Å². The molecule has 1 N–H and O–H groups in total. The molecule has 0 amide bonds. The van der Waals surface area contributed by atoms with Crippen LogP contribution in [0.5, 0.6) is 5.88 Å². The van der Waals surface area contributed by atoms with Crippen molar-refractivity contribution in [3.63, 3.8) is 0 Å². The molecule has 0 aliphatic carbocycles. The smallest absolute Gasteiger partial charge is 0.233 e. The Hall–Kier alpha value is -2.95. The summed E-state index contributed by atoms with van der Waals surface area (Å²) in [4.78, 5) is 15.5. The van der Waals surface area contributed by atoms with Crippen molar-refractivity contribution in [2.75, 3.05) is 35.4 Å². The number of aromatic amines is 1. The summed E-state index contributed by atoms with van der Waals surface area (Å²) in [6.07, 6.45) is 5.29. The molecule has 0 fully saturated rings. The maximum Gasteiger partial charge on any atom is 0.233 e. The standard InChI is InChI=1S/C17H19ClN8O.C2H6O/c1-24(2)8-12-20-16(23-22-12)15-14(26-6-5-19-9-26)13-11(25(15)3)7-10(18)17(21-13)27-4;1-3-2/h5-7,9H,8H2,1-4H3,(H,20,22,23);1-2H3. The largest absolute Gasteiger partial charge is 0.480 e. The number of aryl methyl sites for hydroxylation is 1. The van der Waals surface area contributed by atoms with Crippen LogP contribution in [0.15, 0.2) is 24.8 Å². The van der Waals surface area contributed by atoms with Gasteiger partial charge in [-0.25, -0.2) is 15.0 Å². The molecule has 160 valence electrons. The van der Waals surface area contributed by atoms with Crippen molar-refractivity contribution in [2.45, 2.75) is 6.54 Å². The van der Waals surface area contributed by atoms with Gasteiger partial charge in [-0.2, -0.15) is 5.10 Å². The Morgan fingerprint density at radius 1 is 1.20 bits per heavy atom. The SMILES string of the molecule is COC.COc1nc2c(-n3ccnc3)c(-c3n[nH]c(CN(C)C)n3)n(C)c2cc1Cl. The second kappa shape index (κ2) is 9.24. The van der Waals surface area contributed by atoms with Gasteiger partial charge < -0.3 is 23.5 Å². The summed E-state index contributed by atoms with van der Waals surface area (Å²) in [5, 5.41) is 7.87. The zero-order chi connectivity index (χ0) is 21.8. The molecule has 0 aliphatic rings. The topological polar surface area (TPSA) is 98.9 Å². The number of nitrogens with zero attached hydrogens (tertiary/aromatic N) is 7. The van der Waals surface area contributed by atoms with Crippen molar-refractivity contribution in [1.82, 2.24) is 39.2 Å². The van der Waals surface area contributed by atoms with Gasteiger partial charge in [0.15, 0.2) is 5.82 Å². The minimum atomic E-state index is 0.367. The Bertz CT molecular complexity index is 1120. The second-order valence-corrected chi connectivity index (χ2v) is 7.23. The third kappa shape index (κ3) is 4.16. The number of fused-ring (bicyclic) bond motifs is 1. The molecule has 0 spiro atoms. The Labute approximate surface area is 179 Å². The normalized spacial score (nSPS) is 11.1. The van der Waals surface area contributed by atoms with Gasteiger partial charge in [0, 0.05) is 33.7 Å². The van der Waals surface area contributed by atoms with Gasteiger partial charge in [0.1, 0.15) is 27.7 Å². The molecule has 30 heavy (non-hydrogen) atoms. The van der Waals surface area contributed by atoms with Gasteiger partial charge in [-0.3, -0.25) is 5.10 Å². The molecule has 0 aliphatic heterocycles. The van der Waals surface area contributed by atoms with Crippen molar-refractivity contribution in [1.29, 1.82) is 0 Å². The molecular weight excluding hydrogens is 408 g/mol. The lowest BCUT2D eigenvalue weighted by Crippen LogP contribution is -2.11. The molecule has 0 saturated heterocycles. The third-order valence-electron chi connectivity index (χ3n) is 4.23. The summed E-state index contributed by atoms with van der Waals surface area (Å²) in [6.45, 7) is 0.662. The number of pyridine rings is 1. The van der Waals surface area contributed by atoms with Gasteiger partial charge >= 0.3 is 0 Å². The number of hydrogen-bond donors (Lipinski definition) is 1. The van der Waals surface area contributed by atoms with Crippen molar-refractivity contribution >= 4 is 22.6 Å². The molecule has 0 unspecified atom stereocenters. The highest BCUT2D eigenvalue weighted by atomic mass is 35.5. The Kier molecular flexibility index (Phi) is 6.70. The monoisotopic (exact) mass is 432 g/mol. The number of rotatable bonds is 5. The number of imidazole rings is 1. The molecule has 10 nitrogen and oxygen atoms in total. The van der Waals surface area contributed by atoms with Crippen LogP contribution < -0.4 is 4.74 Å². The Morgan fingerprint density at radius 3 is 2.53 bits per heavy atom. The van der Waals surface area contributed by atoms with Crippen LogP contribution in [0.2, 0.25) is 5.02 Å². The van der Waals surface area contributed by atoms with Gasteiger partial charge in [-0.1, -0.05) is 11.6 Å². The highest BCUT2D eigenvalue weighted by Crippen LogP contribution is 2.37. The molecule has 4 aromatic heterocycles. The van der Waals surface area contributed by atoms with E-state index >= 15 is 0 Å². The fourth-order valence-corrected chi connectivity index (χ4v) is 3.31. The van der Waals surface area contributed by atoms with Crippen LogP contribution in [0.25, 0.3) is 28.2 Å². The van der Waals surface area contributed by atoms with E-state index in [0.717, 1.165) is 28.2 Å². The quantitative estimate of drug-likeness (QED) is 0.517. The van der Waals surface area contributed by atoms with E-state index in [0.29, 0.717) is 23.3 Å². The number of halogens is 1. The van der Waals surface area contributed by atoms with E-state index in [-0.39, 0.29) is 0 Å². The fraction of sp³-hybridized carbons (Fsp3) is 0.368. The van der Waals surface area contributed by atoms with Crippen LogP contribution in [0, 0.1) is 0 Å². The fourth-order valence-electron chi connectivity index (χ4n) is 3.09. The van der Waals surface area contributed by atoms with Crippen LogP contribution in [0.3, 0.4) is 0 Å². The van der Waals surface area contributed by atoms with E-state index in [1.807, 2.05) is 47.4 Å². The van der Waals surface area contributed by atoms with E-state index in [2.05, 4.69) is 29.9 Å². The van der Waals surface area contributed by atoms with E-state index in [1.165, 1.54) is 0 Å². The molecule has 4 heterocycles. The van der Waals surface area contributed by atoms with Gasteiger partial charge in [0.2, 0.25) is 5.88 Å². The second-order valence-electron chi connectivity index (χ2n) is 6.83. The molecule has 0 atom stereocenters. The summed E-state index contributed by atoms with van der Waals surface area (Å²) in [5.41, 5.74) is 3.20. The minimum absolute atomic E-state index is 0.367. The minimum Gasteiger partial charge on any atom is -0.480 e. The molecule has 4 rings (SSSR count). The van der Waals surface area contributed by atoms with Gasteiger partial charge in [0.05, 0.1) is 25.5 Å². The molecule has 0 saturated carbocycles. The lowest BCUT2D eigenvalue weighted by atomic mass is 10.3. The first-order valence-electron chi connectivity index (χ1n) is 9.09. The number of hydrogen-bond acceptors (Lipinski definition) is 7. The number of aromatic nitrogens is 7. The Morgan fingerprint density at radius 2 is 1.93 bits per heavy atom. The third-order valence-corrected chi connectivity index (χ3v) is 4.51. The van der Waals surface area contributed by atoms with E-state index in [1.54, 1.807) is 33.9 Å². The molecule has 0 aromatic carbocycles. The van der Waals surface area contributed by atoms with Gasteiger partial charge in [0.25, 0.3) is 0 Å². The van der Waals surface area contributed by atoms with Gasteiger partial charge in [-0.05, 0) is 20.2 Å². The lowest BCUT2D eigenvalue weighted by Gasteiger charge is -2.06. The summed E-state index contributed by atoms with van der Waals surface area (Å²) in [6, 6.07) is 1.83. The van der Waals surface area contributed by atoms with Crippen molar-refractivity contribution in [3.8, 4) is 23.1 Å². The van der Waals surface area contributed by atoms with Crippen LogP contribution in [0.1, 0.15) is 5.82 Å². The molecule has 0 bridgehead atoms. The van der Waals surface area contributed by atoms with Crippen molar-refractivity contribution in [3.05, 3.63) is 35.6 Å². The Balaban J connectivity index is 0.000000806. The summed E-state index contributed by atoms with van der Waals surface area (Å²) in [5.74, 6) is 1.72. The lowest BCUT2D eigenvalue weighted by molar-refractivity contribution is 0.277. The molecular formula is C19H25ClN8O2. The zero-order valence-corrected chi connectivity index (χ0v) is 18.6. The predicted molar refractivity (Wildman–Crippen MR) is 115 cm³/mol. The predicted octanol–water partition coefficient (Wildman–Crippen LogP) is 2.53.